The molecule has 1 aromatic carbocycles. The van der Waals surface area contributed by atoms with Crippen molar-refractivity contribution in [3.63, 3.8) is 0 Å². The number of hydrogen-bond acceptors (Lipinski definition) is 4. The second-order valence-electron chi connectivity index (χ2n) is 4.30. The van der Waals surface area contributed by atoms with Crippen LogP contribution in [0.4, 0.5) is 0 Å². The van der Waals surface area contributed by atoms with E-state index in [0.717, 1.165) is 11.3 Å². The van der Waals surface area contributed by atoms with Gasteiger partial charge in [0.1, 0.15) is 5.75 Å². The predicted octanol–water partition coefficient (Wildman–Crippen LogP) is 2.05. The molecule has 0 aromatic heterocycles. The highest BCUT2D eigenvalue weighted by Gasteiger charge is 2.42. The van der Waals surface area contributed by atoms with Crippen LogP contribution < -0.4 is 4.74 Å². The standard InChI is InChI=1S/C13H15NO4/c1-3-17-10-6-4-9(5-7-10)11-8-13(2,12(15)16)18-14-11/h4-7H,3,8H2,1-2H3,(H,15,16)/t13-/m1/s1. The van der Waals surface area contributed by atoms with E-state index in [0.29, 0.717) is 12.3 Å². The van der Waals surface area contributed by atoms with Crippen LogP contribution in [0.1, 0.15) is 25.8 Å². The van der Waals surface area contributed by atoms with E-state index in [4.69, 9.17) is 14.7 Å². The van der Waals surface area contributed by atoms with Crippen LogP contribution in [0.3, 0.4) is 0 Å². The van der Waals surface area contributed by atoms with Crippen molar-refractivity contribution in [2.24, 2.45) is 5.16 Å². The molecule has 0 bridgehead atoms. The Morgan fingerprint density at radius 1 is 1.50 bits per heavy atom. The summed E-state index contributed by atoms with van der Waals surface area (Å²) in [6.07, 6.45) is 0.260. The number of oxime groups is 1. The molecule has 1 atom stereocenters. The third-order valence-electron chi connectivity index (χ3n) is 2.81. The Hall–Kier alpha value is -2.04. The molecule has 96 valence electrons. The Bertz CT molecular complexity index is 480. The molecule has 0 spiro atoms. The van der Waals surface area contributed by atoms with Crippen molar-refractivity contribution >= 4 is 11.7 Å². The molecule has 0 amide bonds. The monoisotopic (exact) mass is 249 g/mol. The van der Waals surface area contributed by atoms with Gasteiger partial charge in [0.05, 0.1) is 12.3 Å². The van der Waals surface area contributed by atoms with Gasteiger partial charge in [0.2, 0.25) is 5.60 Å². The van der Waals surface area contributed by atoms with E-state index in [1.54, 1.807) is 0 Å². The number of ether oxygens (including phenoxy) is 1. The highest BCUT2D eigenvalue weighted by molar-refractivity contribution is 6.04. The molecule has 0 radical (unpaired) electrons. The molecular weight excluding hydrogens is 234 g/mol. The van der Waals surface area contributed by atoms with Crippen LogP contribution in [0.15, 0.2) is 29.4 Å². The van der Waals surface area contributed by atoms with Crippen LogP contribution in [-0.4, -0.2) is 29.0 Å². The number of benzene rings is 1. The van der Waals surface area contributed by atoms with Gasteiger partial charge in [-0.15, -0.1) is 0 Å². The molecule has 2 rings (SSSR count). The van der Waals surface area contributed by atoms with E-state index in [2.05, 4.69) is 5.16 Å². The molecule has 1 aromatic rings. The fourth-order valence-electron chi connectivity index (χ4n) is 1.72. The van der Waals surface area contributed by atoms with Crippen LogP contribution >= 0.6 is 0 Å². The molecule has 5 nitrogen and oxygen atoms in total. The van der Waals surface area contributed by atoms with Crippen molar-refractivity contribution in [3.8, 4) is 5.75 Å². The molecule has 1 N–H and O–H groups in total. The summed E-state index contributed by atoms with van der Waals surface area (Å²) in [6, 6.07) is 7.36. The molecule has 0 unspecified atom stereocenters. The van der Waals surface area contributed by atoms with Crippen molar-refractivity contribution in [2.45, 2.75) is 25.9 Å². The second kappa shape index (κ2) is 4.68. The van der Waals surface area contributed by atoms with Crippen molar-refractivity contribution in [3.05, 3.63) is 29.8 Å². The Balaban J connectivity index is 2.12. The van der Waals surface area contributed by atoms with Gasteiger partial charge in [-0.2, -0.15) is 0 Å². The average Bonchev–Trinajstić information content (AvgIpc) is 2.75. The molecule has 1 aliphatic heterocycles. The Morgan fingerprint density at radius 3 is 2.67 bits per heavy atom. The van der Waals surface area contributed by atoms with Crippen molar-refractivity contribution in [1.29, 1.82) is 0 Å². The Morgan fingerprint density at radius 2 is 2.17 bits per heavy atom. The maximum atomic E-state index is 11.0. The van der Waals surface area contributed by atoms with Gasteiger partial charge >= 0.3 is 5.97 Å². The minimum Gasteiger partial charge on any atom is -0.494 e. The molecule has 0 saturated heterocycles. The molecular formula is C13H15NO4. The number of nitrogens with zero attached hydrogens (tertiary/aromatic N) is 1. The zero-order valence-corrected chi connectivity index (χ0v) is 10.3. The first-order valence-corrected chi connectivity index (χ1v) is 5.77. The fraction of sp³-hybridized carbons (Fsp3) is 0.385. The van der Waals surface area contributed by atoms with Crippen LogP contribution in [-0.2, 0) is 9.63 Å². The van der Waals surface area contributed by atoms with Gasteiger partial charge in [-0.3, -0.25) is 0 Å². The first kappa shape index (κ1) is 12.4. The van der Waals surface area contributed by atoms with E-state index >= 15 is 0 Å². The van der Waals surface area contributed by atoms with E-state index < -0.39 is 11.6 Å². The summed E-state index contributed by atoms with van der Waals surface area (Å²) in [5.41, 5.74) is 0.236. The number of carboxylic acids is 1. The van der Waals surface area contributed by atoms with Gasteiger partial charge in [-0.1, -0.05) is 5.16 Å². The average molecular weight is 249 g/mol. The topological polar surface area (TPSA) is 68.1 Å². The molecule has 1 aliphatic rings. The maximum absolute atomic E-state index is 11.0. The molecule has 0 saturated carbocycles. The second-order valence-corrected chi connectivity index (χ2v) is 4.30. The summed E-state index contributed by atoms with van der Waals surface area (Å²) in [5.74, 6) is -0.228. The van der Waals surface area contributed by atoms with Gasteiger partial charge < -0.3 is 14.7 Å². The van der Waals surface area contributed by atoms with Crippen LogP contribution in [0, 0.1) is 0 Å². The largest absolute Gasteiger partial charge is 0.494 e. The molecule has 0 fully saturated rings. The lowest BCUT2D eigenvalue weighted by Gasteiger charge is -2.14. The number of aliphatic carboxylic acids is 1. The lowest BCUT2D eigenvalue weighted by Crippen LogP contribution is -2.35. The van der Waals surface area contributed by atoms with E-state index in [9.17, 15) is 4.79 Å². The Labute approximate surface area is 105 Å². The first-order valence-electron chi connectivity index (χ1n) is 5.77. The Kier molecular flexibility index (Phi) is 3.23. The summed E-state index contributed by atoms with van der Waals surface area (Å²) in [7, 11) is 0. The number of rotatable bonds is 4. The van der Waals surface area contributed by atoms with Gasteiger partial charge in [0, 0.05) is 6.42 Å². The highest BCUT2D eigenvalue weighted by Crippen LogP contribution is 2.27. The molecule has 0 aliphatic carbocycles. The zero-order valence-electron chi connectivity index (χ0n) is 10.3. The quantitative estimate of drug-likeness (QED) is 0.886. The maximum Gasteiger partial charge on any atom is 0.351 e. The van der Waals surface area contributed by atoms with Gasteiger partial charge in [-0.25, -0.2) is 4.79 Å². The summed E-state index contributed by atoms with van der Waals surface area (Å²) in [4.78, 5) is 16.0. The third-order valence-corrected chi connectivity index (χ3v) is 2.81. The lowest BCUT2D eigenvalue weighted by atomic mass is 9.96. The summed E-state index contributed by atoms with van der Waals surface area (Å²) in [5, 5.41) is 12.9. The SMILES string of the molecule is CCOc1ccc(C2=NO[C@@](C)(C(=O)O)C2)cc1. The van der Waals surface area contributed by atoms with Crippen molar-refractivity contribution in [1.82, 2.24) is 0 Å². The van der Waals surface area contributed by atoms with Gasteiger partial charge in [0.15, 0.2) is 0 Å². The minimum atomic E-state index is -1.26. The lowest BCUT2D eigenvalue weighted by molar-refractivity contribution is -0.160. The van der Waals surface area contributed by atoms with Gasteiger partial charge in [-0.05, 0) is 43.7 Å². The smallest absolute Gasteiger partial charge is 0.351 e. The fourth-order valence-corrected chi connectivity index (χ4v) is 1.72. The van der Waals surface area contributed by atoms with E-state index in [1.165, 1.54) is 6.92 Å². The van der Waals surface area contributed by atoms with Crippen molar-refractivity contribution in [2.75, 3.05) is 6.61 Å². The first-order chi connectivity index (χ1) is 8.55. The number of carbonyl (C=O) groups is 1. The third kappa shape index (κ3) is 2.30. The van der Waals surface area contributed by atoms with E-state index in [-0.39, 0.29) is 6.42 Å². The minimum absolute atomic E-state index is 0.260. The summed E-state index contributed by atoms with van der Waals surface area (Å²) < 4.78 is 5.34. The molecule has 5 heteroatoms. The normalized spacial score (nSPS) is 22.2. The number of carboxylic acid groups (broad SMARTS) is 1. The zero-order chi connectivity index (χ0) is 13.2. The van der Waals surface area contributed by atoms with Crippen molar-refractivity contribution < 1.29 is 19.5 Å². The van der Waals surface area contributed by atoms with Crippen LogP contribution in [0.5, 0.6) is 5.75 Å². The summed E-state index contributed by atoms with van der Waals surface area (Å²) in [6.45, 7) is 4.04. The van der Waals surface area contributed by atoms with Crippen LogP contribution in [0.25, 0.3) is 0 Å². The molecule has 18 heavy (non-hydrogen) atoms. The highest BCUT2D eigenvalue weighted by atomic mass is 16.7. The summed E-state index contributed by atoms with van der Waals surface area (Å²) >= 11 is 0. The van der Waals surface area contributed by atoms with E-state index in [1.807, 2.05) is 31.2 Å². The molecule has 1 heterocycles. The van der Waals surface area contributed by atoms with Gasteiger partial charge in [0.25, 0.3) is 0 Å². The number of hydrogen-bond donors (Lipinski definition) is 1. The van der Waals surface area contributed by atoms with Crippen LogP contribution in [0.2, 0.25) is 0 Å². The predicted molar refractivity (Wildman–Crippen MR) is 65.9 cm³/mol.